The van der Waals surface area contributed by atoms with Crippen LogP contribution in [0.4, 0.5) is 17.6 Å². The van der Waals surface area contributed by atoms with E-state index in [4.69, 9.17) is 11.1 Å². The molecule has 0 aromatic heterocycles. The molecule has 0 unspecified atom stereocenters. The zero-order valence-electron chi connectivity index (χ0n) is 8.42. The Morgan fingerprint density at radius 1 is 1.06 bits per heavy atom. The molecule has 0 saturated carbocycles. The fraction of sp³-hybridized carbons (Fsp3) is 0.500. The van der Waals surface area contributed by atoms with Crippen LogP contribution in [0.3, 0.4) is 0 Å². The molecule has 0 saturated heterocycles. The van der Waals surface area contributed by atoms with Gasteiger partial charge in [0.15, 0.2) is 11.7 Å². The first kappa shape index (κ1) is 13.3. The lowest BCUT2D eigenvalue weighted by Gasteiger charge is -2.10. The largest absolute Gasteiger partial charge is 0.480 e. The highest BCUT2D eigenvalue weighted by atomic mass is 19.3. The highest BCUT2D eigenvalue weighted by Gasteiger charge is 2.27. The molecule has 0 bridgehead atoms. The summed E-state index contributed by atoms with van der Waals surface area (Å²) in [6.07, 6.45) is -5.53. The predicted octanol–water partition coefficient (Wildman–Crippen LogP) is 1.11. The van der Waals surface area contributed by atoms with Crippen molar-refractivity contribution in [3.63, 3.8) is 0 Å². The number of hydrogen-bond acceptors (Lipinski definition) is 4. The predicted molar refractivity (Wildman–Crippen MR) is 50.3 cm³/mol. The van der Waals surface area contributed by atoms with Crippen LogP contribution in [0.25, 0.3) is 0 Å². The van der Waals surface area contributed by atoms with Crippen LogP contribution in [0.15, 0.2) is 16.5 Å². The summed E-state index contributed by atoms with van der Waals surface area (Å²) in [5.41, 5.74) is 5.27. The van der Waals surface area contributed by atoms with Crippen LogP contribution in [0.1, 0.15) is 0 Å². The van der Waals surface area contributed by atoms with E-state index in [1.807, 2.05) is 0 Å². The number of amidine groups is 2. The number of rotatable bonds is 6. The van der Waals surface area contributed by atoms with E-state index in [2.05, 4.69) is 14.5 Å². The Hall–Kier alpha value is -1.80. The van der Waals surface area contributed by atoms with Gasteiger partial charge in [0, 0.05) is 0 Å². The average molecular weight is 255 g/mol. The maximum Gasteiger partial charge on any atom is 0.272 e. The van der Waals surface area contributed by atoms with E-state index in [1.54, 1.807) is 0 Å². The topological polar surface area (TPSA) is 80.7 Å². The minimum atomic E-state index is -2.77. The van der Waals surface area contributed by atoms with Crippen molar-refractivity contribution in [1.29, 1.82) is 5.41 Å². The van der Waals surface area contributed by atoms with E-state index in [9.17, 15) is 17.6 Å². The van der Waals surface area contributed by atoms with Gasteiger partial charge < -0.3 is 15.2 Å². The van der Waals surface area contributed by atoms with Gasteiger partial charge in [-0.15, -0.1) is 0 Å². The van der Waals surface area contributed by atoms with Gasteiger partial charge in [0.1, 0.15) is 13.2 Å². The SMILES string of the molecule is N=C1N=C(N)C(OCC(F)F)=C1OCC(F)F. The fourth-order valence-corrected chi connectivity index (χ4v) is 1.01. The maximum absolute atomic E-state index is 11.9. The van der Waals surface area contributed by atoms with Crippen molar-refractivity contribution in [2.75, 3.05) is 13.2 Å². The third kappa shape index (κ3) is 3.61. The van der Waals surface area contributed by atoms with Crippen molar-refractivity contribution in [3.05, 3.63) is 11.5 Å². The fourth-order valence-electron chi connectivity index (χ4n) is 1.01. The van der Waals surface area contributed by atoms with Crippen molar-refractivity contribution >= 4 is 11.7 Å². The Kier molecular flexibility index (Phi) is 4.30. The molecule has 0 aromatic carbocycles. The molecule has 5 nitrogen and oxygen atoms in total. The number of aliphatic imine (C=N–C) groups is 1. The summed E-state index contributed by atoms with van der Waals surface area (Å²) in [5, 5.41) is 7.23. The molecule has 1 heterocycles. The van der Waals surface area contributed by atoms with Crippen LogP contribution in [0, 0.1) is 5.41 Å². The Labute approximate surface area is 93.4 Å². The average Bonchev–Trinajstić information content (AvgIpc) is 2.47. The summed E-state index contributed by atoms with van der Waals surface area (Å²) < 4.78 is 56.7. The number of hydrogen-bond donors (Lipinski definition) is 2. The third-order valence-electron chi connectivity index (χ3n) is 1.59. The van der Waals surface area contributed by atoms with E-state index < -0.39 is 43.4 Å². The van der Waals surface area contributed by atoms with Crippen molar-refractivity contribution < 1.29 is 27.0 Å². The van der Waals surface area contributed by atoms with Crippen LogP contribution in [0.2, 0.25) is 0 Å². The van der Waals surface area contributed by atoms with Crippen molar-refractivity contribution in [2.24, 2.45) is 10.7 Å². The lowest BCUT2D eigenvalue weighted by atomic mass is 10.4. The van der Waals surface area contributed by atoms with Crippen molar-refractivity contribution in [3.8, 4) is 0 Å². The molecular formula is C8H9F4N3O2. The summed E-state index contributed by atoms with van der Waals surface area (Å²) >= 11 is 0. The molecule has 0 amide bonds. The zero-order chi connectivity index (χ0) is 13.0. The third-order valence-corrected chi connectivity index (χ3v) is 1.59. The summed E-state index contributed by atoms with van der Waals surface area (Å²) in [4.78, 5) is 3.37. The second-order valence-electron chi connectivity index (χ2n) is 2.91. The first-order chi connectivity index (χ1) is 7.91. The van der Waals surface area contributed by atoms with E-state index in [-0.39, 0.29) is 5.84 Å². The van der Waals surface area contributed by atoms with Gasteiger partial charge in [-0.2, -0.15) is 0 Å². The Morgan fingerprint density at radius 2 is 1.53 bits per heavy atom. The van der Waals surface area contributed by atoms with Crippen molar-refractivity contribution in [2.45, 2.75) is 12.9 Å². The first-order valence-corrected chi connectivity index (χ1v) is 4.41. The minimum absolute atomic E-state index is 0.347. The van der Waals surface area contributed by atoms with Gasteiger partial charge >= 0.3 is 0 Å². The quantitative estimate of drug-likeness (QED) is 0.697. The normalized spacial score (nSPS) is 15.9. The van der Waals surface area contributed by atoms with Crippen LogP contribution in [-0.2, 0) is 9.47 Å². The monoisotopic (exact) mass is 255 g/mol. The minimum Gasteiger partial charge on any atom is -0.480 e. The standard InChI is InChI=1S/C8H9F4N3O2/c9-3(10)1-16-5-6(17-2-4(11)12)8(14)15-7(5)13/h3-4H,1-2H2,(H3,13,14,15). The number of ether oxygens (including phenoxy) is 2. The molecular weight excluding hydrogens is 246 g/mol. The molecule has 0 atom stereocenters. The summed E-state index contributed by atoms with van der Waals surface area (Å²) in [7, 11) is 0. The summed E-state index contributed by atoms with van der Waals surface area (Å²) in [6, 6.07) is 0. The molecule has 0 aliphatic carbocycles. The number of nitrogens with one attached hydrogen (secondary N) is 1. The highest BCUT2D eigenvalue weighted by Crippen LogP contribution is 2.19. The Balaban J connectivity index is 2.74. The van der Waals surface area contributed by atoms with E-state index in [1.165, 1.54) is 0 Å². The van der Waals surface area contributed by atoms with Crippen LogP contribution < -0.4 is 5.73 Å². The van der Waals surface area contributed by atoms with Crippen LogP contribution in [0.5, 0.6) is 0 Å². The Morgan fingerprint density at radius 3 is 2.00 bits per heavy atom. The van der Waals surface area contributed by atoms with Gasteiger partial charge in [0.05, 0.1) is 0 Å². The molecule has 9 heteroatoms. The smallest absolute Gasteiger partial charge is 0.272 e. The Bertz CT molecular complexity index is 368. The summed E-state index contributed by atoms with van der Waals surface area (Å²) in [5.74, 6) is -1.74. The van der Waals surface area contributed by atoms with E-state index >= 15 is 0 Å². The molecule has 0 aromatic rings. The highest BCUT2D eigenvalue weighted by molar-refractivity contribution is 6.16. The van der Waals surface area contributed by atoms with E-state index in [0.29, 0.717) is 0 Å². The lowest BCUT2D eigenvalue weighted by Crippen LogP contribution is -2.18. The second kappa shape index (κ2) is 5.51. The molecule has 0 spiro atoms. The van der Waals surface area contributed by atoms with E-state index in [0.717, 1.165) is 0 Å². The number of halogens is 4. The maximum atomic E-state index is 11.9. The van der Waals surface area contributed by atoms with Gasteiger partial charge in [-0.1, -0.05) is 0 Å². The van der Waals surface area contributed by atoms with Crippen LogP contribution in [-0.4, -0.2) is 37.7 Å². The second-order valence-corrected chi connectivity index (χ2v) is 2.91. The van der Waals surface area contributed by atoms with Gasteiger partial charge in [-0.25, -0.2) is 22.6 Å². The number of nitrogens with two attached hydrogens (primary N) is 1. The van der Waals surface area contributed by atoms with Gasteiger partial charge in [0.2, 0.25) is 11.5 Å². The lowest BCUT2D eigenvalue weighted by molar-refractivity contribution is 0.0353. The molecule has 1 aliphatic heterocycles. The van der Waals surface area contributed by atoms with Gasteiger partial charge in [-0.3, -0.25) is 5.41 Å². The van der Waals surface area contributed by atoms with Crippen molar-refractivity contribution in [1.82, 2.24) is 0 Å². The van der Waals surface area contributed by atoms with Gasteiger partial charge in [0.25, 0.3) is 12.9 Å². The molecule has 17 heavy (non-hydrogen) atoms. The molecule has 96 valence electrons. The summed E-state index contributed by atoms with van der Waals surface area (Å²) in [6.45, 7) is -1.98. The number of alkyl halides is 4. The number of nitrogens with zero attached hydrogens (tertiary/aromatic N) is 1. The molecule has 0 radical (unpaired) electrons. The molecule has 1 aliphatic rings. The molecule has 0 fully saturated rings. The first-order valence-electron chi connectivity index (χ1n) is 4.41. The molecule has 1 rings (SSSR count). The van der Waals surface area contributed by atoms with Gasteiger partial charge in [-0.05, 0) is 0 Å². The molecule has 3 N–H and O–H groups in total. The zero-order valence-corrected chi connectivity index (χ0v) is 8.42. The van der Waals surface area contributed by atoms with Crippen LogP contribution >= 0.6 is 0 Å².